The SMILES string of the molecule is NCC(CC1CCC2(CCCC2)O1)c1ccc(Cl)cc1. The predicted octanol–water partition coefficient (Wildman–Crippen LogP) is 4.26. The highest BCUT2D eigenvalue weighted by molar-refractivity contribution is 6.30. The summed E-state index contributed by atoms with van der Waals surface area (Å²) in [6, 6.07) is 8.10. The zero-order valence-corrected chi connectivity index (χ0v) is 12.7. The van der Waals surface area contributed by atoms with Crippen LogP contribution in [0.4, 0.5) is 0 Å². The van der Waals surface area contributed by atoms with E-state index in [0.29, 0.717) is 18.6 Å². The molecule has 0 amide bonds. The van der Waals surface area contributed by atoms with Gasteiger partial charge in [0.1, 0.15) is 0 Å². The first-order valence-corrected chi connectivity index (χ1v) is 8.22. The molecule has 0 aromatic heterocycles. The van der Waals surface area contributed by atoms with Crippen LogP contribution in [0.15, 0.2) is 24.3 Å². The molecule has 3 rings (SSSR count). The molecule has 0 radical (unpaired) electrons. The van der Waals surface area contributed by atoms with Gasteiger partial charge in [-0.25, -0.2) is 0 Å². The Hall–Kier alpha value is -0.570. The number of hydrogen-bond donors (Lipinski definition) is 1. The molecule has 20 heavy (non-hydrogen) atoms. The van der Waals surface area contributed by atoms with Crippen molar-refractivity contribution < 1.29 is 4.74 Å². The lowest BCUT2D eigenvalue weighted by Gasteiger charge is -2.25. The lowest BCUT2D eigenvalue weighted by atomic mass is 9.91. The summed E-state index contributed by atoms with van der Waals surface area (Å²) in [5, 5.41) is 0.784. The Morgan fingerprint density at radius 2 is 1.90 bits per heavy atom. The topological polar surface area (TPSA) is 35.2 Å². The van der Waals surface area contributed by atoms with Crippen LogP contribution in [0.1, 0.15) is 56.4 Å². The largest absolute Gasteiger partial charge is 0.372 e. The second kappa shape index (κ2) is 6.05. The van der Waals surface area contributed by atoms with Gasteiger partial charge in [0.05, 0.1) is 11.7 Å². The van der Waals surface area contributed by atoms with E-state index in [1.54, 1.807) is 0 Å². The van der Waals surface area contributed by atoms with Gasteiger partial charge in [-0.15, -0.1) is 0 Å². The van der Waals surface area contributed by atoms with Crippen LogP contribution in [0.3, 0.4) is 0 Å². The molecule has 0 bridgehead atoms. The van der Waals surface area contributed by atoms with Crippen molar-refractivity contribution in [3.05, 3.63) is 34.9 Å². The van der Waals surface area contributed by atoms with Crippen LogP contribution in [0.2, 0.25) is 5.02 Å². The fourth-order valence-corrected chi connectivity index (χ4v) is 4.00. The molecule has 1 aromatic rings. The summed E-state index contributed by atoms with van der Waals surface area (Å²) in [6.45, 7) is 0.675. The third-order valence-corrected chi connectivity index (χ3v) is 5.28. The van der Waals surface area contributed by atoms with Gasteiger partial charge in [-0.05, 0) is 62.3 Å². The fourth-order valence-electron chi connectivity index (χ4n) is 3.87. The summed E-state index contributed by atoms with van der Waals surface area (Å²) in [5.74, 6) is 0.383. The van der Waals surface area contributed by atoms with Crippen LogP contribution in [-0.4, -0.2) is 18.2 Å². The van der Waals surface area contributed by atoms with Crippen molar-refractivity contribution in [2.75, 3.05) is 6.54 Å². The summed E-state index contributed by atoms with van der Waals surface area (Å²) in [4.78, 5) is 0. The van der Waals surface area contributed by atoms with Crippen molar-refractivity contribution in [3.8, 4) is 0 Å². The van der Waals surface area contributed by atoms with Crippen molar-refractivity contribution >= 4 is 11.6 Å². The number of nitrogens with two attached hydrogens (primary N) is 1. The normalized spacial score (nSPS) is 26.2. The maximum absolute atomic E-state index is 6.41. The molecule has 2 fully saturated rings. The number of ether oxygens (including phenoxy) is 1. The van der Waals surface area contributed by atoms with Crippen molar-refractivity contribution in [1.29, 1.82) is 0 Å². The number of benzene rings is 1. The van der Waals surface area contributed by atoms with Crippen molar-refractivity contribution in [2.45, 2.75) is 62.6 Å². The first kappa shape index (κ1) is 14.4. The fraction of sp³-hybridized carbons (Fsp3) is 0.647. The average Bonchev–Trinajstić information content (AvgIpc) is 3.08. The standard InChI is InChI=1S/C17H24ClNO/c18-15-5-3-13(4-6-15)14(12-19)11-16-7-10-17(20-16)8-1-2-9-17/h3-6,14,16H,1-2,7-12,19H2. The summed E-state index contributed by atoms with van der Waals surface area (Å²) >= 11 is 5.96. The molecule has 1 aromatic carbocycles. The van der Waals surface area contributed by atoms with Gasteiger partial charge in [-0.2, -0.15) is 0 Å². The van der Waals surface area contributed by atoms with E-state index < -0.39 is 0 Å². The molecular formula is C17H24ClNO. The number of rotatable bonds is 4. The van der Waals surface area contributed by atoms with Crippen LogP contribution in [-0.2, 0) is 4.74 Å². The van der Waals surface area contributed by atoms with E-state index in [1.165, 1.54) is 44.1 Å². The maximum atomic E-state index is 6.41. The smallest absolute Gasteiger partial charge is 0.0687 e. The zero-order chi connectivity index (χ0) is 14.0. The number of hydrogen-bond acceptors (Lipinski definition) is 2. The molecular weight excluding hydrogens is 270 g/mol. The lowest BCUT2D eigenvalue weighted by Crippen LogP contribution is -2.26. The zero-order valence-electron chi connectivity index (χ0n) is 12.0. The highest BCUT2D eigenvalue weighted by atomic mass is 35.5. The molecule has 1 saturated carbocycles. The Balaban J connectivity index is 1.62. The lowest BCUT2D eigenvalue weighted by molar-refractivity contribution is -0.0408. The molecule has 1 aliphatic heterocycles. The van der Waals surface area contributed by atoms with E-state index >= 15 is 0 Å². The minimum absolute atomic E-state index is 0.226. The van der Waals surface area contributed by atoms with E-state index in [4.69, 9.17) is 22.1 Å². The molecule has 2 atom stereocenters. The van der Waals surface area contributed by atoms with E-state index in [2.05, 4.69) is 12.1 Å². The highest BCUT2D eigenvalue weighted by Crippen LogP contribution is 2.45. The molecule has 2 unspecified atom stereocenters. The summed E-state index contributed by atoms with van der Waals surface area (Å²) in [6.07, 6.45) is 9.07. The number of halogens is 1. The van der Waals surface area contributed by atoms with E-state index in [-0.39, 0.29) is 5.60 Å². The van der Waals surface area contributed by atoms with Crippen LogP contribution >= 0.6 is 11.6 Å². The molecule has 2 N–H and O–H groups in total. The third-order valence-electron chi connectivity index (χ3n) is 5.03. The Kier molecular flexibility index (Phi) is 4.34. The Morgan fingerprint density at radius 1 is 1.20 bits per heavy atom. The summed E-state index contributed by atoms with van der Waals surface area (Å²) < 4.78 is 6.41. The average molecular weight is 294 g/mol. The van der Waals surface area contributed by atoms with Gasteiger partial charge in [0, 0.05) is 5.02 Å². The van der Waals surface area contributed by atoms with Crippen LogP contribution < -0.4 is 5.73 Å². The van der Waals surface area contributed by atoms with Gasteiger partial charge < -0.3 is 10.5 Å². The first-order chi connectivity index (χ1) is 9.71. The second-order valence-electron chi connectivity index (χ2n) is 6.39. The van der Waals surface area contributed by atoms with Crippen LogP contribution in [0.25, 0.3) is 0 Å². The molecule has 2 nitrogen and oxygen atoms in total. The Bertz CT molecular complexity index is 439. The third kappa shape index (κ3) is 3.03. The van der Waals surface area contributed by atoms with Gasteiger partial charge in [-0.1, -0.05) is 36.6 Å². The molecule has 1 spiro atoms. The monoisotopic (exact) mass is 293 g/mol. The van der Waals surface area contributed by atoms with Gasteiger partial charge in [0.2, 0.25) is 0 Å². The van der Waals surface area contributed by atoms with E-state index in [1.807, 2.05) is 12.1 Å². The van der Waals surface area contributed by atoms with Crippen molar-refractivity contribution in [1.82, 2.24) is 0 Å². The highest BCUT2D eigenvalue weighted by Gasteiger charge is 2.42. The molecule has 2 aliphatic rings. The first-order valence-electron chi connectivity index (χ1n) is 7.84. The quantitative estimate of drug-likeness (QED) is 0.900. The molecule has 110 valence electrons. The molecule has 1 heterocycles. The van der Waals surface area contributed by atoms with Crippen LogP contribution in [0, 0.1) is 0 Å². The Morgan fingerprint density at radius 3 is 2.55 bits per heavy atom. The van der Waals surface area contributed by atoms with Crippen molar-refractivity contribution in [2.24, 2.45) is 5.73 Å². The van der Waals surface area contributed by atoms with Gasteiger partial charge in [-0.3, -0.25) is 0 Å². The molecule has 1 saturated heterocycles. The second-order valence-corrected chi connectivity index (χ2v) is 6.82. The maximum Gasteiger partial charge on any atom is 0.0687 e. The van der Waals surface area contributed by atoms with E-state index in [0.717, 1.165) is 11.4 Å². The van der Waals surface area contributed by atoms with Crippen molar-refractivity contribution in [3.63, 3.8) is 0 Å². The van der Waals surface area contributed by atoms with E-state index in [9.17, 15) is 0 Å². The van der Waals surface area contributed by atoms with Crippen LogP contribution in [0.5, 0.6) is 0 Å². The van der Waals surface area contributed by atoms with Gasteiger partial charge in [0.15, 0.2) is 0 Å². The summed E-state index contributed by atoms with van der Waals surface area (Å²) in [5.41, 5.74) is 7.49. The minimum Gasteiger partial charge on any atom is -0.372 e. The summed E-state index contributed by atoms with van der Waals surface area (Å²) in [7, 11) is 0. The predicted molar refractivity (Wildman–Crippen MR) is 83.2 cm³/mol. The Labute approximate surface area is 126 Å². The van der Waals surface area contributed by atoms with Gasteiger partial charge >= 0.3 is 0 Å². The molecule has 3 heteroatoms. The molecule has 1 aliphatic carbocycles. The van der Waals surface area contributed by atoms with Gasteiger partial charge in [0.25, 0.3) is 0 Å². The minimum atomic E-state index is 0.226.